The summed E-state index contributed by atoms with van der Waals surface area (Å²) in [6, 6.07) is 25.2. The second kappa shape index (κ2) is 22.3. The molecule has 0 saturated carbocycles. The molecule has 20 heteroatoms. The van der Waals surface area contributed by atoms with E-state index < -0.39 is 28.7 Å². The molecule has 384 valence electrons. The van der Waals surface area contributed by atoms with Crippen LogP contribution in [-0.2, 0) is 0 Å². The molecule has 0 spiro atoms. The van der Waals surface area contributed by atoms with E-state index in [1.54, 1.807) is 43.3 Å². The maximum absolute atomic E-state index is 12.8. The number of nitrogens with one attached hydrogen (secondary N) is 2. The van der Waals surface area contributed by atoms with Crippen molar-refractivity contribution in [2.24, 2.45) is 0 Å². The molecule has 11 rings (SSSR count). The van der Waals surface area contributed by atoms with Crippen LogP contribution >= 0.6 is 17.8 Å². The average molecular weight is 1150 g/mol. The van der Waals surface area contributed by atoms with Gasteiger partial charge in [-0.1, -0.05) is 19.6 Å². The van der Waals surface area contributed by atoms with E-state index in [0.717, 1.165) is 33.6 Å². The Balaban J connectivity index is 0.000000196. The molecule has 0 saturated heterocycles. The van der Waals surface area contributed by atoms with Gasteiger partial charge < -0.3 is 40.5 Å². The Hall–Kier alpha value is -7.45. The minimum Gasteiger partial charge on any atom is 0 e. The number of fused-ring (bicyclic) bond motifs is 10. The number of non-ortho nitro benzene ring substituents is 2. The molecule has 2 radical (unpaired) electrons. The number of hydrogen-bond donors (Lipinski definition) is 5. The quantitative estimate of drug-likeness (QED) is 0.0354. The van der Waals surface area contributed by atoms with Gasteiger partial charge >= 0.3 is 36.7 Å². The molecule has 5 heterocycles. The van der Waals surface area contributed by atoms with Crippen LogP contribution in [0.5, 0.6) is 0 Å². The molecule has 0 aliphatic carbocycles. The third-order valence-corrected chi connectivity index (χ3v) is 11.6. The van der Waals surface area contributed by atoms with Crippen molar-refractivity contribution in [2.75, 3.05) is 28.7 Å². The van der Waals surface area contributed by atoms with Crippen LogP contribution < -0.4 is 38.4 Å². The van der Waals surface area contributed by atoms with Crippen LogP contribution in [0.1, 0.15) is 68.4 Å². The number of nitrogen functional groups attached to an aromatic ring is 2. The second-order valence-corrected chi connectivity index (χ2v) is 22.4. The molecule has 17 nitrogen and oxygen atoms in total. The van der Waals surface area contributed by atoms with Crippen molar-refractivity contribution < 1.29 is 29.6 Å². The van der Waals surface area contributed by atoms with E-state index in [1.807, 2.05) is 32.0 Å². The Kier molecular flexibility index (Phi) is 16.9. The largest absolute Gasteiger partial charge is 0 e. The predicted octanol–water partition coefficient (Wildman–Crippen LogP) is 12.9. The fraction of sp³-hybridized carbons (Fsp3) is 0.204. The van der Waals surface area contributed by atoms with Gasteiger partial charge in [-0.2, -0.15) is 0 Å². The van der Waals surface area contributed by atoms with E-state index in [0.29, 0.717) is 66.0 Å². The van der Waals surface area contributed by atoms with Crippen molar-refractivity contribution in [3.05, 3.63) is 171 Å². The Labute approximate surface area is 441 Å². The van der Waals surface area contributed by atoms with Gasteiger partial charge in [0.2, 0.25) is 16.3 Å². The van der Waals surface area contributed by atoms with E-state index in [9.17, 15) is 34.6 Å². The summed E-state index contributed by atoms with van der Waals surface area (Å²) in [5, 5.41) is 38.8. The fourth-order valence-corrected chi connectivity index (χ4v) is 8.91. The molecular weight excluding hydrogens is 1100 g/mol. The van der Waals surface area contributed by atoms with Gasteiger partial charge in [0.15, 0.2) is 0 Å². The predicted molar refractivity (Wildman–Crippen MR) is 304 cm³/mol. The van der Waals surface area contributed by atoms with Crippen molar-refractivity contribution in [1.29, 1.82) is 0 Å². The SMILES string of the molecule is C.CC1=CC(C)(C)Nc2ccc3c(=O)c4ccc(N)cc4oc3c21.CC1=CC(C)(C)Nc2ccc3c(=O)c4ccc([N+](=O)[O-])cc4oc3c21.CCO.Nc1ccc2c(=O)c3ccc([N+](=O)[O-])cc3oc2c1.[Cl][Sn][Cl].[HH]. The minimum atomic E-state index is -0.826. The van der Waals surface area contributed by atoms with Crippen LogP contribution in [0, 0.1) is 20.2 Å². The minimum absolute atomic E-state index is 0. The molecule has 2 aliphatic heterocycles. The van der Waals surface area contributed by atoms with Gasteiger partial charge in [0.05, 0.1) is 65.4 Å². The fourth-order valence-electron chi connectivity index (χ4n) is 8.91. The zero-order chi connectivity index (χ0) is 53.3. The van der Waals surface area contributed by atoms with Crippen LogP contribution in [0.25, 0.3) is 77.0 Å². The number of halogens is 2. The number of nitrogens with two attached hydrogens (primary N) is 2. The number of anilines is 4. The first-order valence-electron chi connectivity index (χ1n) is 22.4. The summed E-state index contributed by atoms with van der Waals surface area (Å²) < 4.78 is 17.6. The molecule has 7 N–H and O–H groups in total. The van der Waals surface area contributed by atoms with Crippen LogP contribution in [0.2, 0.25) is 0 Å². The molecule has 0 unspecified atom stereocenters. The Morgan fingerprint density at radius 3 is 1.24 bits per heavy atom. The summed E-state index contributed by atoms with van der Waals surface area (Å²) in [5.74, 6) is 0. The number of hydrogen-bond acceptors (Lipinski definition) is 15. The molecule has 0 bridgehead atoms. The van der Waals surface area contributed by atoms with Crippen molar-refractivity contribution in [3.63, 3.8) is 0 Å². The van der Waals surface area contributed by atoms with Crippen LogP contribution in [0.3, 0.4) is 0 Å². The first kappa shape index (κ1) is 55.9. The third-order valence-electron chi connectivity index (χ3n) is 11.6. The van der Waals surface area contributed by atoms with E-state index in [1.165, 1.54) is 42.5 Å². The normalized spacial score (nSPS) is 13.5. The zero-order valence-electron chi connectivity index (χ0n) is 40.4. The van der Waals surface area contributed by atoms with E-state index in [2.05, 4.69) is 50.5 Å². The molecule has 0 atom stereocenters. The van der Waals surface area contributed by atoms with Crippen LogP contribution in [0.4, 0.5) is 34.1 Å². The molecule has 9 aromatic rings. The number of nitrogens with zero attached hydrogens (tertiary/aromatic N) is 2. The van der Waals surface area contributed by atoms with Crippen LogP contribution in [-0.4, -0.2) is 51.5 Å². The average Bonchev–Trinajstić information content (AvgIpc) is 3.31. The van der Waals surface area contributed by atoms with Crippen molar-refractivity contribution in [3.8, 4) is 0 Å². The molecular formula is C54H54Cl2N6O11Sn. The molecule has 0 amide bonds. The smallest absolute Gasteiger partial charge is 0 e. The van der Waals surface area contributed by atoms with Gasteiger partial charge in [-0.25, -0.2) is 0 Å². The number of nitro benzene ring substituents is 2. The van der Waals surface area contributed by atoms with Gasteiger partial charge in [-0.3, -0.25) is 34.6 Å². The van der Waals surface area contributed by atoms with E-state index in [4.69, 9.17) is 47.7 Å². The summed E-state index contributed by atoms with van der Waals surface area (Å²) in [7, 11) is 9.87. The van der Waals surface area contributed by atoms with Gasteiger partial charge in [0.1, 0.15) is 33.5 Å². The van der Waals surface area contributed by atoms with E-state index >= 15 is 0 Å². The second-order valence-electron chi connectivity index (χ2n) is 18.1. The third kappa shape index (κ3) is 11.5. The van der Waals surface area contributed by atoms with E-state index in [-0.39, 0.29) is 65.4 Å². The number of aliphatic hydroxyl groups excluding tert-OH is 1. The Morgan fingerprint density at radius 2 is 0.878 bits per heavy atom. The Morgan fingerprint density at radius 1 is 0.581 bits per heavy atom. The van der Waals surface area contributed by atoms with Gasteiger partial charge in [-0.05, 0) is 120 Å². The number of nitro groups is 2. The zero-order valence-corrected chi connectivity index (χ0v) is 44.8. The summed E-state index contributed by atoms with van der Waals surface area (Å²) in [6.45, 7) is 14.3. The number of allylic oxidation sites excluding steroid dienone is 2. The van der Waals surface area contributed by atoms with Crippen LogP contribution in [0.15, 0.2) is 137 Å². The maximum Gasteiger partial charge on any atom is 0 e. The van der Waals surface area contributed by atoms with Gasteiger partial charge in [0, 0.05) is 66.2 Å². The van der Waals surface area contributed by atoms with Gasteiger partial charge in [-0.15, -0.1) is 0 Å². The summed E-state index contributed by atoms with van der Waals surface area (Å²) >= 11 is -0.826. The maximum atomic E-state index is 12.8. The first-order chi connectivity index (χ1) is 34.5. The monoisotopic (exact) mass is 1150 g/mol. The van der Waals surface area contributed by atoms with Crippen molar-refractivity contribution >= 4 is 148 Å². The molecule has 74 heavy (non-hydrogen) atoms. The molecule has 2 aliphatic rings. The standard InChI is InChI=1S/C19H16N2O4.C19H18N2O2.C13H8N2O4.C2H6O.CH4.2ClH.Sn.H2/c1-10-9-19(2,3)20-14-7-6-13-17(22)12-5-4-11(21(23)24)8-15(12)25-18(13)16(10)14;1-10-9-19(2,3)21-14-7-6-13-17(22)12-5-4-11(20)8-15(12)23-18(13)16(10)14;14-7-1-3-9-11(5-7)19-12-6-8(15(17)18)2-4-10(12)13(9)16;1-2-3;;;;;/h4-9,20H,1-3H3;4-9,21H,20H2,1-3H3;1-6H,14H2;3H,2H2,1H3;1H4;2*1H;;1H/q;;;;;;;+2;/p-2. The van der Waals surface area contributed by atoms with Crippen molar-refractivity contribution in [2.45, 2.75) is 67.0 Å². The van der Waals surface area contributed by atoms with Gasteiger partial charge in [0.25, 0.3) is 11.4 Å². The molecule has 3 aromatic heterocycles. The number of aliphatic hydroxyl groups is 1. The van der Waals surface area contributed by atoms with Crippen molar-refractivity contribution in [1.82, 2.24) is 0 Å². The number of rotatable bonds is 2. The molecule has 0 fully saturated rings. The summed E-state index contributed by atoms with van der Waals surface area (Å²) in [6.07, 6.45) is 4.23. The Bertz CT molecular complexity index is 3970. The first-order valence-corrected chi connectivity index (χ1v) is 29.6. The summed E-state index contributed by atoms with van der Waals surface area (Å²) in [5.41, 5.74) is 19.5. The molecule has 6 aromatic carbocycles. The number of benzene rings is 6. The topological polar surface area (TPSA) is 273 Å². The summed E-state index contributed by atoms with van der Waals surface area (Å²) in [4.78, 5) is 58.5.